The normalized spacial score (nSPS) is 11.7. The van der Waals surface area contributed by atoms with E-state index < -0.39 is 29.5 Å². The van der Waals surface area contributed by atoms with E-state index in [0.717, 1.165) is 6.07 Å². The van der Waals surface area contributed by atoms with Crippen LogP contribution in [0.15, 0.2) is 18.2 Å². The first kappa shape index (κ1) is 15.5. The van der Waals surface area contributed by atoms with Gasteiger partial charge in [0, 0.05) is 17.2 Å². The molecule has 0 aliphatic carbocycles. The lowest BCUT2D eigenvalue weighted by molar-refractivity contribution is -0.385. The van der Waals surface area contributed by atoms with E-state index in [9.17, 15) is 24.1 Å². The summed E-state index contributed by atoms with van der Waals surface area (Å²) in [5.41, 5.74) is 0.132. The maximum atomic E-state index is 12.4. The minimum absolute atomic E-state index is 0.0893. The molecule has 1 rings (SSSR count). The van der Waals surface area contributed by atoms with Crippen LogP contribution in [0.5, 0.6) is 0 Å². The van der Waals surface area contributed by atoms with Crippen molar-refractivity contribution in [3.05, 3.63) is 39.4 Å². The second-order valence-corrected chi connectivity index (χ2v) is 3.97. The van der Waals surface area contributed by atoms with Gasteiger partial charge in [0.2, 0.25) is 0 Å². The molecule has 0 radical (unpaired) electrons. The average molecular weight is 284 g/mol. The second-order valence-electron chi connectivity index (χ2n) is 3.97. The van der Waals surface area contributed by atoms with Crippen molar-refractivity contribution in [2.24, 2.45) is 0 Å². The topological polar surface area (TPSA) is 110 Å². The number of carbonyl (C=O) groups is 2. The number of hydrogen-bond donors (Lipinski definition) is 2. The first-order valence-electron chi connectivity index (χ1n) is 5.77. The number of amides is 1. The fourth-order valence-electron chi connectivity index (χ4n) is 1.58. The van der Waals surface area contributed by atoms with E-state index in [2.05, 4.69) is 0 Å². The van der Waals surface area contributed by atoms with Gasteiger partial charge in [0.1, 0.15) is 6.67 Å². The second kappa shape index (κ2) is 6.60. The van der Waals surface area contributed by atoms with Crippen LogP contribution in [0.3, 0.4) is 0 Å². The summed E-state index contributed by atoms with van der Waals surface area (Å²) in [6.07, 6.45) is 0.417. The van der Waals surface area contributed by atoms with Crippen molar-refractivity contribution < 1.29 is 24.0 Å². The number of nitro groups is 1. The maximum absolute atomic E-state index is 12.4. The van der Waals surface area contributed by atoms with Gasteiger partial charge in [0.25, 0.3) is 11.6 Å². The van der Waals surface area contributed by atoms with Gasteiger partial charge in [-0.15, -0.1) is 0 Å². The Kier molecular flexibility index (Phi) is 5.13. The monoisotopic (exact) mass is 284 g/mol. The van der Waals surface area contributed by atoms with E-state index in [1.54, 1.807) is 6.92 Å². The number of benzene rings is 1. The van der Waals surface area contributed by atoms with E-state index >= 15 is 0 Å². The highest BCUT2D eigenvalue weighted by Crippen LogP contribution is 2.20. The Morgan fingerprint density at radius 3 is 2.60 bits per heavy atom. The summed E-state index contributed by atoms with van der Waals surface area (Å²) in [7, 11) is 0. The maximum Gasteiger partial charge on any atom is 0.328 e. The third kappa shape index (κ3) is 3.50. The van der Waals surface area contributed by atoms with E-state index in [0.29, 0.717) is 12.0 Å². The molecule has 7 nitrogen and oxygen atoms in total. The van der Waals surface area contributed by atoms with Crippen LogP contribution >= 0.6 is 0 Å². The number of aryl methyl sites for hydroxylation is 1. The molecule has 0 aliphatic rings. The van der Waals surface area contributed by atoms with Gasteiger partial charge in [-0.05, 0) is 12.5 Å². The van der Waals surface area contributed by atoms with Gasteiger partial charge in [0.15, 0.2) is 6.04 Å². The van der Waals surface area contributed by atoms with Gasteiger partial charge in [-0.3, -0.25) is 14.9 Å². The zero-order valence-corrected chi connectivity index (χ0v) is 10.6. The Morgan fingerprint density at radius 2 is 2.15 bits per heavy atom. The van der Waals surface area contributed by atoms with Gasteiger partial charge in [-0.1, -0.05) is 13.0 Å². The van der Waals surface area contributed by atoms with Crippen LogP contribution in [-0.2, 0) is 11.2 Å². The zero-order chi connectivity index (χ0) is 15.3. The van der Waals surface area contributed by atoms with E-state index in [1.165, 1.54) is 12.1 Å². The minimum Gasteiger partial charge on any atom is -0.480 e. The quantitative estimate of drug-likeness (QED) is 0.604. The van der Waals surface area contributed by atoms with Crippen LogP contribution in [-0.4, -0.2) is 34.6 Å². The van der Waals surface area contributed by atoms with Crippen LogP contribution in [0, 0.1) is 10.1 Å². The van der Waals surface area contributed by atoms with Crippen LogP contribution in [0.4, 0.5) is 10.1 Å². The van der Waals surface area contributed by atoms with Crippen molar-refractivity contribution >= 4 is 17.6 Å². The number of carboxylic acids is 1. The van der Waals surface area contributed by atoms with Crippen LogP contribution in [0.25, 0.3) is 0 Å². The van der Waals surface area contributed by atoms with Gasteiger partial charge < -0.3 is 10.4 Å². The Bertz CT molecular complexity index is 547. The van der Waals surface area contributed by atoms with Crippen LogP contribution in [0.1, 0.15) is 22.8 Å². The standard InChI is InChI=1S/C12H13FN2O5/c1-2-7-3-4-8(5-10(7)15(19)20)11(16)14-9(6-13)12(17)18/h3-5,9H,2,6H2,1H3,(H,14,16)(H,17,18). The molecule has 0 aromatic heterocycles. The molecule has 0 spiro atoms. The number of nitro benzene ring substituents is 1. The smallest absolute Gasteiger partial charge is 0.328 e. The Hall–Kier alpha value is -2.51. The molecular formula is C12H13FN2O5. The molecule has 1 aromatic carbocycles. The summed E-state index contributed by atoms with van der Waals surface area (Å²) in [5, 5.41) is 21.4. The first-order chi connectivity index (χ1) is 9.40. The van der Waals surface area contributed by atoms with Gasteiger partial charge in [0.05, 0.1) is 4.92 Å². The van der Waals surface area contributed by atoms with Gasteiger partial charge in [-0.25, -0.2) is 9.18 Å². The molecule has 2 N–H and O–H groups in total. The SMILES string of the molecule is CCc1ccc(C(=O)NC(CF)C(=O)O)cc1[N+](=O)[O-]. The molecule has 0 heterocycles. The number of halogens is 1. The van der Waals surface area contributed by atoms with Crippen molar-refractivity contribution in [1.29, 1.82) is 0 Å². The molecule has 0 bridgehead atoms. The highest BCUT2D eigenvalue weighted by Gasteiger charge is 2.22. The molecule has 0 saturated heterocycles. The number of carboxylic acid groups (broad SMARTS) is 1. The molecule has 0 aliphatic heterocycles. The summed E-state index contributed by atoms with van der Waals surface area (Å²) in [6.45, 7) is 0.460. The molecule has 0 fully saturated rings. The molecule has 1 atom stereocenters. The Balaban J connectivity index is 3.02. The number of aliphatic carboxylic acids is 1. The van der Waals surface area contributed by atoms with E-state index in [1.807, 2.05) is 5.32 Å². The third-order valence-corrected chi connectivity index (χ3v) is 2.68. The molecule has 0 saturated carbocycles. The number of carbonyl (C=O) groups excluding carboxylic acids is 1. The van der Waals surface area contributed by atoms with E-state index in [-0.39, 0.29) is 11.3 Å². The molecule has 1 unspecified atom stereocenters. The minimum atomic E-state index is -1.67. The third-order valence-electron chi connectivity index (χ3n) is 2.68. The molecule has 8 heteroatoms. The number of rotatable bonds is 6. The van der Waals surface area contributed by atoms with Crippen LogP contribution in [0.2, 0.25) is 0 Å². The zero-order valence-electron chi connectivity index (χ0n) is 10.6. The number of nitrogens with one attached hydrogen (secondary N) is 1. The lowest BCUT2D eigenvalue weighted by Crippen LogP contribution is -2.42. The van der Waals surface area contributed by atoms with Gasteiger partial charge in [-0.2, -0.15) is 0 Å². The Morgan fingerprint density at radius 1 is 1.50 bits per heavy atom. The summed E-state index contributed by atoms with van der Waals surface area (Å²) in [6, 6.07) is 2.12. The molecule has 1 amide bonds. The number of hydrogen-bond acceptors (Lipinski definition) is 4. The lowest BCUT2D eigenvalue weighted by Gasteiger charge is -2.11. The highest BCUT2D eigenvalue weighted by atomic mass is 19.1. The number of nitrogens with zero attached hydrogens (tertiary/aromatic N) is 1. The summed E-state index contributed by atoms with van der Waals surface area (Å²) < 4.78 is 12.4. The first-order valence-corrected chi connectivity index (χ1v) is 5.77. The predicted octanol–water partition coefficient (Wildman–Crippen LogP) is 1.31. The fourth-order valence-corrected chi connectivity index (χ4v) is 1.58. The van der Waals surface area contributed by atoms with Crippen molar-refractivity contribution in [3.63, 3.8) is 0 Å². The molecular weight excluding hydrogens is 271 g/mol. The van der Waals surface area contributed by atoms with Crippen molar-refractivity contribution in [2.75, 3.05) is 6.67 Å². The van der Waals surface area contributed by atoms with Gasteiger partial charge >= 0.3 is 5.97 Å². The highest BCUT2D eigenvalue weighted by molar-refractivity contribution is 5.97. The number of alkyl halides is 1. The van der Waals surface area contributed by atoms with E-state index in [4.69, 9.17) is 5.11 Å². The van der Waals surface area contributed by atoms with Crippen LogP contribution < -0.4 is 5.32 Å². The molecule has 20 heavy (non-hydrogen) atoms. The lowest BCUT2D eigenvalue weighted by atomic mass is 10.1. The fraction of sp³-hybridized carbons (Fsp3) is 0.333. The summed E-state index contributed by atoms with van der Waals surface area (Å²) >= 11 is 0. The largest absolute Gasteiger partial charge is 0.480 e. The summed E-state index contributed by atoms with van der Waals surface area (Å²) in [4.78, 5) is 32.6. The van der Waals surface area contributed by atoms with Crippen molar-refractivity contribution in [3.8, 4) is 0 Å². The average Bonchev–Trinajstić information content (AvgIpc) is 2.43. The van der Waals surface area contributed by atoms with Crippen molar-refractivity contribution in [2.45, 2.75) is 19.4 Å². The summed E-state index contributed by atoms with van der Waals surface area (Å²) in [5.74, 6) is -2.39. The predicted molar refractivity (Wildman–Crippen MR) is 67.3 cm³/mol. The molecule has 1 aromatic rings. The molecule has 108 valence electrons. The Labute approximate surface area is 113 Å². The van der Waals surface area contributed by atoms with Crippen molar-refractivity contribution in [1.82, 2.24) is 5.32 Å².